The SMILES string of the molecule is CC(C)=C/C=C(C)/C=C(C)/C=C/C=C(\C)C#CC1=C(C)C(=O)[C@@H](C)CC1(C)C. The smallest absolute Gasteiger partial charge is 0.162 e. The van der Waals surface area contributed by atoms with Gasteiger partial charge in [0.05, 0.1) is 0 Å². The Morgan fingerprint density at radius 3 is 2.29 bits per heavy atom. The molecule has 28 heavy (non-hydrogen) atoms. The van der Waals surface area contributed by atoms with Gasteiger partial charge in [-0.1, -0.05) is 85.8 Å². The first-order valence-corrected chi connectivity index (χ1v) is 10.1. The number of carbonyl (C=O) groups excluding carboxylic acids is 1. The molecule has 0 aromatic rings. The summed E-state index contributed by atoms with van der Waals surface area (Å²) in [5, 5.41) is 0. The van der Waals surface area contributed by atoms with Crippen LogP contribution in [0.4, 0.5) is 0 Å². The summed E-state index contributed by atoms with van der Waals surface area (Å²) in [6, 6.07) is 0. The lowest BCUT2D eigenvalue weighted by atomic mass is 9.68. The molecule has 0 bridgehead atoms. The zero-order chi connectivity index (χ0) is 21.5. The number of rotatable bonds is 4. The number of hydrogen-bond acceptors (Lipinski definition) is 1. The fraction of sp³-hybridized carbons (Fsp3) is 0.444. The zero-order valence-corrected chi connectivity index (χ0v) is 19.2. The second-order valence-corrected chi connectivity index (χ2v) is 8.86. The number of allylic oxidation sites excluding steroid dienone is 12. The summed E-state index contributed by atoms with van der Waals surface area (Å²) in [5.74, 6) is 6.84. The van der Waals surface area contributed by atoms with Crippen molar-refractivity contribution < 1.29 is 4.79 Å². The predicted molar refractivity (Wildman–Crippen MR) is 123 cm³/mol. The molecule has 1 heteroatoms. The average molecular weight is 377 g/mol. The van der Waals surface area contributed by atoms with Crippen LogP contribution in [0.1, 0.15) is 68.7 Å². The van der Waals surface area contributed by atoms with Gasteiger partial charge >= 0.3 is 0 Å². The minimum atomic E-state index is -0.0466. The fourth-order valence-electron chi connectivity index (χ4n) is 3.52. The van der Waals surface area contributed by atoms with Crippen molar-refractivity contribution in [1.82, 2.24) is 0 Å². The van der Waals surface area contributed by atoms with Crippen molar-refractivity contribution in [1.29, 1.82) is 0 Å². The molecule has 0 fully saturated rings. The highest BCUT2D eigenvalue weighted by atomic mass is 16.1. The average Bonchev–Trinajstić information content (AvgIpc) is 2.57. The lowest BCUT2D eigenvalue weighted by Gasteiger charge is -2.34. The maximum Gasteiger partial charge on any atom is 0.162 e. The highest BCUT2D eigenvalue weighted by molar-refractivity contribution is 5.99. The Morgan fingerprint density at radius 2 is 1.68 bits per heavy atom. The number of carbonyl (C=O) groups is 1. The van der Waals surface area contributed by atoms with Crippen molar-refractivity contribution >= 4 is 5.78 Å². The van der Waals surface area contributed by atoms with Crippen molar-refractivity contribution in [2.24, 2.45) is 11.3 Å². The van der Waals surface area contributed by atoms with Crippen LogP contribution < -0.4 is 0 Å². The van der Waals surface area contributed by atoms with Gasteiger partial charge in [-0.2, -0.15) is 0 Å². The first kappa shape index (κ1) is 23.7. The van der Waals surface area contributed by atoms with Crippen LogP contribution in [0.15, 0.2) is 69.9 Å². The topological polar surface area (TPSA) is 17.1 Å². The van der Waals surface area contributed by atoms with Crippen LogP contribution in [0.5, 0.6) is 0 Å². The highest BCUT2D eigenvalue weighted by Gasteiger charge is 2.35. The molecule has 1 aliphatic carbocycles. The second-order valence-electron chi connectivity index (χ2n) is 8.86. The molecule has 0 amide bonds. The van der Waals surface area contributed by atoms with E-state index in [2.05, 4.69) is 77.7 Å². The van der Waals surface area contributed by atoms with Gasteiger partial charge in [0.25, 0.3) is 0 Å². The molecule has 1 atom stereocenters. The summed E-state index contributed by atoms with van der Waals surface area (Å²) in [4.78, 5) is 12.3. The molecule has 0 saturated carbocycles. The van der Waals surface area contributed by atoms with Gasteiger partial charge < -0.3 is 0 Å². The van der Waals surface area contributed by atoms with Crippen LogP contribution >= 0.6 is 0 Å². The Morgan fingerprint density at radius 1 is 1.04 bits per heavy atom. The molecule has 0 aromatic carbocycles. The first-order chi connectivity index (χ1) is 12.9. The van der Waals surface area contributed by atoms with E-state index in [1.54, 1.807) is 0 Å². The number of hydrogen-bond donors (Lipinski definition) is 0. The van der Waals surface area contributed by atoms with Crippen molar-refractivity contribution in [2.45, 2.75) is 68.7 Å². The summed E-state index contributed by atoms with van der Waals surface area (Å²) in [6.45, 7) is 18.7. The molecule has 0 saturated heterocycles. The summed E-state index contributed by atoms with van der Waals surface area (Å²) in [5.41, 5.74) is 6.47. The van der Waals surface area contributed by atoms with E-state index in [9.17, 15) is 4.79 Å². The van der Waals surface area contributed by atoms with E-state index in [-0.39, 0.29) is 17.1 Å². The van der Waals surface area contributed by atoms with E-state index in [1.807, 2.05) is 32.9 Å². The highest BCUT2D eigenvalue weighted by Crippen LogP contribution is 2.40. The molecule has 0 aliphatic heterocycles. The largest absolute Gasteiger partial charge is 0.294 e. The van der Waals surface area contributed by atoms with E-state index in [0.717, 1.165) is 23.1 Å². The van der Waals surface area contributed by atoms with Gasteiger partial charge in [0.2, 0.25) is 0 Å². The molecule has 0 radical (unpaired) electrons. The van der Waals surface area contributed by atoms with Crippen LogP contribution in [0.3, 0.4) is 0 Å². The molecular weight excluding hydrogens is 340 g/mol. The summed E-state index contributed by atoms with van der Waals surface area (Å²) in [7, 11) is 0. The third-order valence-corrected chi connectivity index (χ3v) is 4.91. The minimum Gasteiger partial charge on any atom is -0.294 e. The second kappa shape index (κ2) is 10.3. The van der Waals surface area contributed by atoms with E-state index in [0.29, 0.717) is 0 Å². The maximum atomic E-state index is 12.3. The lowest BCUT2D eigenvalue weighted by Crippen LogP contribution is -2.30. The summed E-state index contributed by atoms with van der Waals surface area (Å²) < 4.78 is 0. The van der Waals surface area contributed by atoms with Crippen LogP contribution in [-0.2, 0) is 4.79 Å². The molecule has 1 aliphatic rings. The van der Waals surface area contributed by atoms with Crippen LogP contribution in [0, 0.1) is 23.2 Å². The minimum absolute atomic E-state index is 0.0466. The van der Waals surface area contributed by atoms with Crippen molar-refractivity contribution in [3.63, 3.8) is 0 Å². The van der Waals surface area contributed by atoms with Gasteiger partial charge in [-0.15, -0.1) is 0 Å². The molecule has 0 N–H and O–H groups in total. The Kier molecular flexibility index (Phi) is 8.70. The molecule has 1 rings (SSSR count). The third-order valence-electron chi connectivity index (χ3n) is 4.91. The predicted octanol–water partition coefficient (Wildman–Crippen LogP) is 7.30. The number of ketones is 1. The Bertz CT molecular complexity index is 848. The van der Waals surface area contributed by atoms with E-state index in [1.165, 1.54) is 16.7 Å². The molecule has 0 heterocycles. The molecule has 0 unspecified atom stereocenters. The van der Waals surface area contributed by atoms with Gasteiger partial charge in [-0.25, -0.2) is 0 Å². The fourth-order valence-corrected chi connectivity index (χ4v) is 3.52. The van der Waals surface area contributed by atoms with Gasteiger partial charge in [0, 0.05) is 17.1 Å². The van der Waals surface area contributed by atoms with Crippen LogP contribution in [0.25, 0.3) is 0 Å². The Hall–Kier alpha value is -2.33. The Labute approximate surface area is 172 Å². The zero-order valence-electron chi connectivity index (χ0n) is 19.2. The van der Waals surface area contributed by atoms with Crippen molar-refractivity contribution in [3.05, 3.63) is 69.9 Å². The third kappa shape index (κ3) is 7.35. The van der Waals surface area contributed by atoms with Crippen LogP contribution in [0.2, 0.25) is 0 Å². The monoisotopic (exact) mass is 376 g/mol. The van der Waals surface area contributed by atoms with E-state index in [4.69, 9.17) is 0 Å². The van der Waals surface area contributed by atoms with Gasteiger partial charge in [-0.3, -0.25) is 4.79 Å². The lowest BCUT2D eigenvalue weighted by molar-refractivity contribution is -0.120. The Balaban J connectivity index is 2.95. The first-order valence-electron chi connectivity index (χ1n) is 10.1. The van der Waals surface area contributed by atoms with E-state index < -0.39 is 0 Å². The molecular formula is C27H36O. The standard InChI is InChI=1S/C27H36O/c1-19(2)13-14-22(5)17-21(4)12-10-11-20(3)15-16-25-24(7)26(28)23(6)18-27(25,8)9/h10-14,17,23H,18H2,1-9H3/b12-10+,20-11+,21-17+,22-14+/t23-/m0/s1. The molecule has 0 spiro atoms. The maximum absolute atomic E-state index is 12.3. The van der Waals surface area contributed by atoms with Gasteiger partial charge in [0.1, 0.15) is 0 Å². The van der Waals surface area contributed by atoms with Crippen molar-refractivity contribution in [3.8, 4) is 11.8 Å². The van der Waals surface area contributed by atoms with Gasteiger partial charge in [0.15, 0.2) is 5.78 Å². The molecule has 0 aromatic heterocycles. The van der Waals surface area contributed by atoms with Crippen LogP contribution in [-0.4, -0.2) is 5.78 Å². The summed E-state index contributed by atoms with van der Waals surface area (Å²) >= 11 is 0. The van der Waals surface area contributed by atoms with Crippen molar-refractivity contribution in [2.75, 3.05) is 0 Å². The molecule has 1 nitrogen and oxygen atoms in total. The quantitative estimate of drug-likeness (QED) is 0.371. The normalized spacial score (nSPS) is 21.0. The number of Topliss-reactive ketones (excluding diaryl/α,β-unsaturated/α-hetero) is 1. The molecule has 150 valence electrons. The van der Waals surface area contributed by atoms with E-state index >= 15 is 0 Å². The van der Waals surface area contributed by atoms with Gasteiger partial charge in [-0.05, 0) is 59.0 Å². The summed E-state index contributed by atoms with van der Waals surface area (Å²) in [6.07, 6.45) is 13.4.